The highest BCUT2D eigenvalue weighted by Gasteiger charge is 2.29. The Kier molecular flexibility index (Phi) is 4.69. The molecule has 0 radical (unpaired) electrons. The van der Waals surface area contributed by atoms with Gasteiger partial charge in [0, 0.05) is 23.5 Å². The second-order valence-electron chi connectivity index (χ2n) is 6.69. The molecule has 1 saturated heterocycles. The highest BCUT2D eigenvalue weighted by molar-refractivity contribution is 5.88. The largest absolute Gasteiger partial charge is 0.450 e. The van der Waals surface area contributed by atoms with Crippen LogP contribution in [0.4, 0.5) is 0 Å². The minimum atomic E-state index is -0.715. The van der Waals surface area contributed by atoms with E-state index >= 15 is 0 Å². The van der Waals surface area contributed by atoms with Crippen LogP contribution in [-0.2, 0) is 9.53 Å². The average Bonchev–Trinajstić information content (AvgIpc) is 2.96. The number of fused-ring (bicyclic) bond motifs is 1. The van der Waals surface area contributed by atoms with Crippen molar-refractivity contribution in [1.82, 2.24) is 24.5 Å². The van der Waals surface area contributed by atoms with Gasteiger partial charge in [0.15, 0.2) is 6.61 Å². The monoisotopic (exact) mass is 345 g/mol. The fourth-order valence-electron chi connectivity index (χ4n) is 3.43. The zero-order valence-corrected chi connectivity index (χ0v) is 15.0. The molecule has 8 heteroatoms. The molecule has 0 unspecified atom stereocenters. The van der Waals surface area contributed by atoms with Crippen LogP contribution < -0.4 is 0 Å². The summed E-state index contributed by atoms with van der Waals surface area (Å²) in [6.45, 7) is 7.45. The second kappa shape index (κ2) is 6.78. The van der Waals surface area contributed by atoms with E-state index in [1.54, 1.807) is 0 Å². The van der Waals surface area contributed by atoms with Crippen LogP contribution in [0.25, 0.3) is 5.78 Å². The normalized spacial score (nSPS) is 20.7. The smallest absolute Gasteiger partial charge is 0.378 e. The number of ether oxygens (including phenoxy) is 1. The molecule has 1 fully saturated rings. The number of nitrogens with zero attached hydrogens (tertiary/aromatic N) is 5. The molecule has 0 aliphatic carbocycles. The predicted octanol–water partition coefficient (Wildman–Crippen LogP) is 1.69. The van der Waals surface area contributed by atoms with Gasteiger partial charge in [0.05, 0.1) is 0 Å². The van der Waals surface area contributed by atoms with Crippen molar-refractivity contribution in [2.24, 2.45) is 0 Å². The molecule has 0 bridgehead atoms. The summed E-state index contributed by atoms with van der Waals surface area (Å²) >= 11 is 0. The van der Waals surface area contributed by atoms with E-state index in [-0.39, 0.29) is 30.4 Å². The van der Waals surface area contributed by atoms with Gasteiger partial charge in [-0.3, -0.25) is 4.79 Å². The summed E-state index contributed by atoms with van der Waals surface area (Å²) in [5.41, 5.74) is 1.61. The number of carbonyl (C=O) groups is 2. The lowest BCUT2D eigenvalue weighted by Crippen LogP contribution is -2.49. The number of hydrogen-bond donors (Lipinski definition) is 0. The van der Waals surface area contributed by atoms with Crippen molar-refractivity contribution in [2.75, 3.05) is 6.61 Å². The Morgan fingerprint density at radius 2 is 1.88 bits per heavy atom. The molecule has 2 aromatic rings. The van der Waals surface area contributed by atoms with Crippen LogP contribution in [0.15, 0.2) is 6.07 Å². The van der Waals surface area contributed by atoms with E-state index < -0.39 is 5.97 Å². The van der Waals surface area contributed by atoms with Crippen LogP contribution in [0.3, 0.4) is 0 Å². The number of piperidine rings is 1. The summed E-state index contributed by atoms with van der Waals surface area (Å²) in [7, 11) is 0. The van der Waals surface area contributed by atoms with Gasteiger partial charge in [-0.05, 0) is 53.0 Å². The summed E-state index contributed by atoms with van der Waals surface area (Å²) in [4.78, 5) is 34.8. The molecule has 1 aliphatic heterocycles. The van der Waals surface area contributed by atoms with Crippen LogP contribution in [0.2, 0.25) is 0 Å². The van der Waals surface area contributed by atoms with Gasteiger partial charge >= 0.3 is 5.97 Å². The van der Waals surface area contributed by atoms with E-state index in [0.29, 0.717) is 5.78 Å². The highest BCUT2D eigenvalue weighted by atomic mass is 16.5. The van der Waals surface area contributed by atoms with E-state index in [4.69, 9.17) is 4.74 Å². The molecule has 3 rings (SSSR count). The van der Waals surface area contributed by atoms with Gasteiger partial charge in [-0.25, -0.2) is 14.3 Å². The van der Waals surface area contributed by atoms with Crippen LogP contribution in [0.1, 0.15) is 55.1 Å². The summed E-state index contributed by atoms with van der Waals surface area (Å²) in [5, 5.41) is 4.12. The van der Waals surface area contributed by atoms with Crippen LogP contribution in [0.5, 0.6) is 0 Å². The predicted molar refractivity (Wildman–Crippen MR) is 90.2 cm³/mol. The Balaban J connectivity index is 1.68. The number of esters is 1. The molecule has 1 amide bonds. The van der Waals surface area contributed by atoms with Crippen molar-refractivity contribution in [2.45, 2.75) is 59.0 Å². The summed E-state index contributed by atoms with van der Waals surface area (Å²) < 4.78 is 6.63. The van der Waals surface area contributed by atoms with Gasteiger partial charge in [0.2, 0.25) is 0 Å². The van der Waals surface area contributed by atoms with Gasteiger partial charge in [0.25, 0.3) is 17.5 Å². The number of likely N-dealkylation sites (tertiary alicyclic amines) is 1. The van der Waals surface area contributed by atoms with Crippen LogP contribution in [0, 0.1) is 13.8 Å². The van der Waals surface area contributed by atoms with Crippen LogP contribution >= 0.6 is 0 Å². The topological polar surface area (TPSA) is 89.7 Å². The highest BCUT2D eigenvalue weighted by Crippen LogP contribution is 2.22. The van der Waals surface area contributed by atoms with Gasteiger partial charge in [-0.15, -0.1) is 5.10 Å². The SMILES string of the molecule is Cc1cc(C)n2nc(C(=O)OCC(=O)N3[C@@H](C)CCC[C@@H]3C)nc2n1. The standard InChI is InChI=1S/C17H23N5O3/c1-10-8-13(4)22-17(18-10)19-15(20-22)16(24)25-9-14(23)21-11(2)6-5-7-12(21)3/h8,11-12H,5-7,9H2,1-4H3/t11-,12-/m0/s1. The Morgan fingerprint density at radius 1 is 1.20 bits per heavy atom. The number of aryl methyl sites for hydroxylation is 2. The van der Waals surface area contributed by atoms with Crippen molar-refractivity contribution >= 4 is 17.7 Å². The maximum Gasteiger partial charge on any atom is 0.378 e. The van der Waals surface area contributed by atoms with Crippen LogP contribution in [-0.4, -0.2) is 55.0 Å². The lowest BCUT2D eigenvalue weighted by atomic mass is 9.97. The molecule has 134 valence electrons. The molecule has 2 aromatic heterocycles. The zero-order valence-electron chi connectivity index (χ0n) is 15.0. The first-order valence-corrected chi connectivity index (χ1v) is 8.56. The maximum absolute atomic E-state index is 12.4. The van der Waals surface area contributed by atoms with Crippen molar-refractivity contribution in [1.29, 1.82) is 0 Å². The molecule has 0 spiro atoms. The summed E-state index contributed by atoms with van der Waals surface area (Å²) in [6, 6.07) is 2.18. The van der Waals surface area contributed by atoms with Gasteiger partial charge in [0.1, 0.15) is 0 Å². The van der Waals surface area contributed by atoms with Gasteiger partial charge in [-0.2, -0.15) is 4.98 Å². The maximum atomic E-state index is 12.4. The molecule has 3 heterocycles. The number of rotatable bonds is 3. The summed E-state index contributed by atoms with van der Waals surface area (Å²) in [6.07, 6.45) is 3.06. The fourth-order valence-corrected chi connectivity index (χ4v) is 3.43. The molecular weight excluding hydrogens is 322 g/mol. The third kappa shape index (κ3) is 3.47. The number of carbonyl (C=O) groups excluding carboxylic acids is 2. The van der Waals surface area contributed by atoms with Crippen molar-refractivity contribution in [3.05, 3.63) is 23.3 Å². The third-order valence-corrected chi connectivity index (χ3v) is 4.61. The molecule has 8 nitrogen and oxygen atoms in total. The third-order valence-electron chi connectivity index (χ3n) is 4.61. The van der Waals surface area contributed by atoms with Crippen molar-refractivity contribution in [3.63, 3.8) is 0 Å². The molecule has 0 N–H and O–H groups in total. The Hall–Kier alpha value is -2.51. The lowest BCUT2D eigenvalue weighted by molar-refractivity contribution is -0.140. The Morgan fingerprint density at radius 3 is 2.56 bits per heavy atom. The molecule has 1 aliphatic rings. The molecule has 2 atom stereocenters. The minimum absolute atomic E-state index is 0.0891. The molecular formula is C17H23N5O3. The van der Waals surface area contributed by atoms with E-state index in [1.807, 2.05) is 38.7 Å². The number of aromatic nitrogens is 4. The van der Waals surface area contributed by atoms with E-state index in [2.05, 4.69) is 15.1 Å². The number of amides is 1. The fraction of sp³-hybridized carbons (Fsp3) is 0.588. The zero-order chi connectivity index (χ0) is 18.1. The average molecular weight is 345 g/mol. The summed E-state index contributed by atoms with van der Waals surface area (Å²) in [5.74, 6) is -0.641. The van der Waals surface area contributed by atoms with Crippen molar-refractivity contribution in [3.8, 4) is 0 Å². The van der Waals surface area contributed by atoms with Gasteiger partial charge in [-0.1, -0.05) is 0 Å². The first kappa shape index (κ1) is 17.3. The molecule has 25 heavy (non-hydrogen) atoms. The van der Waals surface area contributed by atoms with Crippen molar-refractivity contribution < 1.29 is 14.3 Å². The quantitative estimate of drug-likeness (QED) is 0.786. The number of hydrogen-bond acceptors (Lipinski definition) is 6. The Bertz CT molecular complexity index is 806. The first-order chi connectivity index (χ1) is 11.9. The second-order valence-corrected chi connectivity index (χ2v) is 6.69. The van der Waals surface area contributed by atoms with E-state index in [1.165, 1.54) is 4.52 Å². The van der Waals surface area contributed by atoms with E-state index in [0.717, 1.165) is 30.7 Å². The molecule has 0 aromatic carbocycles. The van der Waals surface area contributed by atoms with E-state index in [9.17, 15) is 9.59 Å². The lowest BCUT2D eigenvalue weighted by Gasteiger charge is -2.38. The minimum Gasteiger partial charge on any atom is -0.450 e. The van der Waals surface area contributed by atoms with Gasteiger partial charge < -0.3 is 9.64 Å². The first-order valence-electron chi connectivity index (χ1n) is 8.56. The molecule has 0 saturated carbocycles. The Labute approximate surface area is 146 Å².